The van der Waals surface area contributed by atoms with Crippen molar-refractivity contribution in [2.24, 2.45) is 0 Å². The summed E-state index contributed by atoms with van der Waals surface area (Å²) in [7, 11) is 0. The van der Waals surface area contributed by atoms with Gasteiger partial charge in [-0.05, 0) is 108 Å². The van der Waals surface area contributed by atoms with Crippen LogP contribution in [-0.2, 0) is 25.7 Å². The van der Waals surface area contributed by atoms with Crippen LogP contribution in [0.2, 0.25) is 0 Å². The maximum atomic E-state index is 6.49. The fourth-order valence-corrected chi connectivity index (χ4v) is 7.44. The fraction of sp³-hybridized carbons (Fsp3) is 0.444. The number of hydrogen-bond acceptors (Lipinski definition) is 3. The van der Waals surface area contributed by atoms with Crippen molar-refractivity contribution in [2.45, 2.75) is 99.8 Å². The standard InChI is InChI=1S/C36H44N4O/c1-8-20-22(10-3)30-18-32-24(12-5)26(14-7)34(39-32)36-35-27(15-16-41-36)25(13-6)33(40-35)19-31-23(11-4)21(9-2)29(38-31)17-28(20)37-30/h17-19,38-39H,8-16H2,1-7H3. The summed E-state index contributed by atoms with van der Waals surface area (Å²) in [5, 5.41) is 0. The van der Waals surface area contributed by atoms with E-state index in [1.807, 2.05) is 0 Å². The Balaban J connectivity index is 1.86. The zero-order valence-corrected chi connectivity index (χ0v) is 25.9. The molecule has 8 bridgehead atoms. The number of rotatable bonds is 7. The van der Waals surface area contributed by atoms with E-state index in [1.54, 1.807) is 0 Å². The molecule has 5 nitrogen and oxygen atoms in total. The molecule has 3 aromatic rings. The van der Waals surface area contributed by atoms with Gasteiger partial charge in [-0.25, -0.2) is 9.97 Å². The SMILES string of the molecule is CCC1=C(CC)c2cc3[nH]c(c(CC)c3CC)c3c4nc(cc5[nH]c(cc1n2)c(CC)c5CC)C(CC)=C4CCO3. The lowest BCUT2D eigenvalue weighted by molar-refractivity contribution is 0.318. The van der Waals surface area contributed by atoms with Crippen molar-refractivity contribution >= 4 is 44.4 Å². The average molecular weight is 549 g/mol. The van der Waals surface area contributed by atoms with Gasteiger partial charge in [-0.15, -0.1) is 0 Å². The number of aryl methyl sites for hydroxylation is 4. The molecule has 3 aromatic heterocycles. The van der Waals surface area contributed by atoms with Crippen LogP contribution in [0.4, 0.5) is 0 Å². The van der Waals surface area contributed by atoms with Gasteiger partial charge in [0.15, 0.2) is 5.75 Å². The molecule has 0 unspecified atom stereocenters. The highest BCUT2D eigenvalue weighted by atomic mass is 16.5. The molecule has 3 aliphatic rings. The summed E-state index contributed by atoms with van der Waals surface area (Å²) < 4.78 is 6.49. The van der Waals surface area contributed by atoms with Crippen LogP contribution in [0.25, 0.3) is 44.4 Å². The number of H-pyrrole nitrogens is 2. The van der Waals surface area contributed by atoms with Crippen LogP contribution in [-0.4, -0.2) is 26.5 Å². The minimum absolute atomic E-state index is 0.679. The largest absolute Gasteiger partial charge is 0.489 e. The number of aromatic nitrogens is 4. The maximum Gasteiger partial charge on any atom is 0.168 e. The number of hydrogen-bond donors (Lipinski definition) is 2. The van der Waals surface area contributed by atoms with Gasteiger partial charge in [0.1, 0.15) is 5.69 Å². The van der Waals surface area contributed by atoms with Gasteiger partial charge < -0.3 is 14.7 Å². The Hall–Kier alpha value is -3.60. The zero-order valence-electron chi connectivity index (χ0n) is 25.9. The van der Waals surface area contributed by atoms with Gasteiger partial charge in [-0.3, -0.25) is 0 Å². The van der Waals surface area contributed by atoms with Gasteiger partial charge in [0.25, 0.3) is 0 Å². The van der Waals surface area contributed by atoms with Crippen LogP contribution in [0, 0.1) is 0 Å². The second-order valence-corrected chi connectivity index (χ2v) is 11.3. The Kier molecular flexibility index (Phi) is 7.39. The highest BCUT2D eigenvalue weighted by Gasteiger charge is 2.28. The van der Waals surface area contributed by atoms with Crippen molar-refractivity contribution < 1.29 is 4.74 Å². The molecule has 6 heterocycles. The van der Waals surface area contributed by atoms with Crippen LogP contribution >= 0.6 is 0 Å². The van der Waals surface area contributed by atoms with E-state index in [-0.39, 0.29) is 0 Å². The Bertz CT molecular complexity index is 1760. The molecule has 0 saturated heterocycles. The number of aromatic amines is 2. The molecule has 0 fully saturated rings. The minimum Gasteiger partial charge on any atom is -0.489 e. The summed E-state index contributed by atoms with van der Waals surface area (Å²) in [5.41, 5.74) is 19.7. The third-order valence-corrected chi connectivity index (χ3v) is 9.31. The average Bonchev–Trinajstić information content (AvgIpc) is 3.71. The Morgan fingerprint density at radius 2 is 1.07 bits per heavy atom. The first-order valence-electron chi connectivity index (χ1n) is 15.9. The molecule has 5 heteroatoms. The van der Waals surface area contributed by atoms with Gasteiger partial charge >= 0.3 is 0 Å². The maximum absolute atomic E-state index is 6.49. The van der Waals surface area contributed by atoms with Crippen molar-refractivity contribution in [3.8, 4) is 5.75 Å². The highest BCUT2D eigenvalue weighted by molar-refractivity contribution is 5.98. The van der Waals surface area contributed by atoms with Gasteiger partial charge in [-0.2, -0.15) is 0 Å². The molecule has 0 amide bonds. The monoisotopic (exact) mass is 548 g/mol. The fourth-order valence-electron chi connectivity index (χ4n) is 7.44. The third kappa shape index (κ3) is 4.27. The van der Waals surface area contributed by atoms with Gasteiger partial charge in [-0.1, -0.05) is 48.5 Å². The van der Waals surface area contributed by atoms with Crippen molar-refractivity contribution in [3.63, 3.8) is 0 Å². The molecule has 0 atom stereocenters. The number of allylic oxidation sites excluding steroid dienone is 3. The molecule has 0 aliphatic carbocycles. The van der Waals surface area contributed by atoms with Gasteiger partial charge in [0.2, 0.25) is 0 Å². The zero-order chi connectivity index (χ0) is 28.8. The van der Waals surface area contributed by atoms with E-state index in [0.29, 0.717) is 6.61 Å². The van der Waals surface area contributed by atoms with Crippen molar-refractivity contribution in [3.05, 3.63) is 63.2 Å². The molecule has 6 rings (SSSR count). The summed E-state index contributed by atoms with van der Waals surface area (Å²) in [6.45, 7) is 16.5. The molecular formula is C36H44N4O. The van der Waals surface area contributed by atoms with Gasteiger partial charge in [0.05, 0.1) is 29.2 Å². The van der Waals surface area contributed by atoms with E-state index >= 15 is 0 Å². The number of nitrogens with zero attached hydrogens (tertiary/aromatic N) is 2. The predicted octanol–water partition coefficient (Wildman–Crippen LogP) is 9.40. The number of ether oxygens (including phenoxy) is 1. The Morgan fingerprint density at radius 1 is 0.585 bits per heavy atom. The third-order valence-electron chi connectivity index (χ3n) is 9.31. The summed E-state index contributed by atoms with van der Waals surface area (Å²) in [6.07, 6.45) is 7.60. The van der Waals surface area contributed by atoms with Crippen molar-refractivity contribution in [1.82, 2.24) is 19.9 Å². The van der Waals surface area contributed by atoms with Crippen LogP contribution in [0.1, 0.15) is 119 Å². The van der Waals surface area contributed by atoms with E-state index in [0.717, 1.165) is 90.9 Å². The Labute approximate surface area is 244 Å². The van der Waals surface area contributed by atoms with E-state index in [1.165, 1.54) is 55.6 Å². The molecule has 0 spiro atoms. The van der Waals surface area contributed by atoms with Crippen LogP contribution in [0.3, 0.4) is 0 Å². The van der Waals surface area contributed by atoms with E-state index in [9.17, 15) is 0 Å². The highest BCUT2D eigenvalue weighted by Crippen LogP contribution is 2.44. The second-order valence-electron chi connectivity index (χ2n) is 11.3. The quantitative estimate of drug-likeness (QED) is 0.309. The lowest BCUT2D eigenvalue weighted by atomic mass is 9.97. The normalized spacial score (nSPS) is 14.7. The predicted molar refractivity (Wildman–Crippen MR) is 173 cm³/mol. The van der Waals surface area contributed by atoms with E-state index in [4.69, 9.17) is 14.7 Å². The molecule has 3 aliphatic heterocycles. The first kappa shape index (κ1) is 27.6. The smallest absolute Gasteiger partial charge is 0.168 e. The molecule has 0 saturated carbocycles. The molecule has 0 aromatic carbocycles. The number of fused-ring (bicyclic) bond motifs is 8. The first-order valence-corrected chi connectivity index (χ1v) is 15.9. The molecule has 0 radical (unpaired) electrons. The lowest BCUT2D eigenvalue weighted by Crippen LogP contribution is -2.08. The van der Waals surface area contributed by atoms with Crippen LogP contribution in [0.5, 0.6) is 5.75 Å². The first-order chi connectivity index (χ1) is 20.0. The summed E-state index contributed by atoms with van der Waals surface area (Å²) in [5.74, 6) is 0.908. The summed E-state index contributed by atoms with van der Waals surface area (Å²) >= 11 is 0. The van der Waals surface area contributed by atoms with Crippen molar-refractivity contribution in [1.29, 1.82) is 0 Å². The van der Waals surface area contributed by atoms with E-state index in [2.05, 4.69) is 76.6 Å². The van der Waals surface area contributed by atoms with Gasteiger partial charge in [0, 0.05) is 23.0 Å². The number of nitrogens with one attached hydrogen (secondary N) is 2. The van der Waals surface area contributed by atoms with Crippen molar-refractivity contribution in [2.75, 3.05) is 6.61 Å². The van der Waals surface area contributed by atoms with E-state index < -0.39 is 0 Å². The second kappa shape index (κ2) is 11.0. The van der Waals surface area contributed by atoms with Crippen LogP contribution < -0.4 is 4.74 Å². The minimum atomic E-state index is 0.679. The molecule has 2 N–H and O–H groups in total. The molecular weight excluding hydrogens is 504 g/mol. The van der Waals surface area contributed by atoms with Crippen LogP contribution in [0.15, 0.2) is 18.2 Å². The topological polar surface area (TPSA) is 66.6 Å². The lowest BCUT2D eigenvalue weighted by Gasteiger charge is -2.17. The molecule has 41 heavy (non-hydrogen) atoms. The molecule has 214 valence electrons. The Morgan fingerprint density at radius 3 is 1.59 bits per heavy atom. The summed E-state index contributed by atoms with van der Waals surface area (Å²) in [4.78, 5) is 18.3. The summed E-state index contributed by atoms with van der Waals surface area (Å²) in [6, 6.07) is 6.89.